The molecule has 0 spiro atoms. The molecule has 84 valence electrons. The molecule has 0 heterocycles. The van der Waals surface area contributed by atoms with Gasteiger partial charge >= 0.3 is 0 Å². The summed E-state index contributed by atoms with van der Waals surface area (Å²) in [5.74, 6) is -0.0223. The number of nitrogens with zero attached hydrogens (tertiary/aromatic N) is 1. The van der Waals surface area contributed by atoms with Crippen LogP contribution in [-0.2, 0) is 0 Å². The fourth-order valence-corrected chi connectivity index (χ4v) is 1.68. The number of hydrogen-bond acceptors (Lipinski definition) is 3. The van der Waals surface area contributed by atoms with Crippen molar-refractivity contribution in [3.05, 3.63) is 35.6 Å². The van der Waals surface area contributed by atoms with Crippen LogP contribution in [0.3, 0.4) is 0 Å². The number of halogens is 1. The molecule has 0 fully saturated rings. The van der Waals surface area contributed by atoms with E-state index < -0.39 is 11.2 Å². The number of benzene rings is 1. The molecule has 3 nitrogen and oxygen atoms in total. The molecule has 1 aromatic rings. The van der Waals surface area contributed by atoms with Crippen molar-refractivity contribution in [1.29, 1.82) is 5.26 Å². The number of thioether (sulfide) groups is 1. The van der Waals surface area contributed by atoms with E-state index in [1.807, 2.05) is 13.0 Å². The summed E-state index contributed by atoms with van der Waals surface area (Å²) in [6.07, 6.45) is 0. The Hall–Kier alpha value is -1.54. The van der Waals surface area contributed by atoms with Crippen LogP contribution < -0.4 is 5.32 Å². The molecule has 0 aromatic heterocycles. The summed E-state index contributed by atoms with van der Waals surface area (Å²) in [5, 5.41) is 10.7. The van der Waals surface area contributed by atoms with E-state index in [0.29, 0.717) is 5.56 Å². The molecular formula is C11H11FN2OS. The van der Waals surface area contributed by atoms with Gasteiger partial charge in [0.1, 0.15) is 5.82 Å². The SMILES string of the molecule is CCSC(C#N)NC(=O)c1ccc(F)cc1. The zero-order valence-electron chi connectivity index (χ0n) is 8.74. The highest BCUT2D eigenvalue weighted by Gasteiger charge is 2.12. The highest BCUT2D eigenvalue weighted by atomic mass is 32.2. The van der Waals surface area contributed by atoms with Gasteiger partial charge in [-0.3, -0.25) is 4.79 Å². The summed E-state index contributed by atoms with van der Waals surface area (Å²) in [6, 6.07) is 7.16. The van der Waals surface area contributed by atoms with Gasteiger partial charge in [-0.05, 0) is 30.0 Å². The van der Waals surface area contributed by atoms with Gasteiger partial charge in [-0.1, -0.05) is 6.92 Å². The van der Waals surface area contributed by atoms with Crippen molar-refractivity contribution in [2.24, 2.45) is 0 Å². The topological polar surface area (TPSA) is 52.9 Å². The van der Waals surface area contributed by atoms with Crippen LogP contribution in [0.25, 0.3) is 0 Å². The quantitative estimate of drug-likeness (QED) is 0.818. The lowest BCUT2D eigenvalue weighted by Gasteiger charge is -2.09. The van der Waals surface area contributed by atoms with Gasteiger partial charge in [-0.2, -0.15) is 5.26 Å². The Morgan fingerprint density at radius 1 is 1.56 bits per heavy atom. The zero-order chi connectivity index (χ0) is 12.0. The van der Waals surface area contributed by atoms with E-state index in [-0.39, 0.29) is 5.91 Å². The van der Waals surface area contributed by atoms with Gasteiger partial charge in [0.15, 0.2) is 5.37 Å². The number of carbonyl (C=O) groups excluding carboxylic acids is 1. The second kappa shape index (κ2) is 6.13. The Morgan fingerprint density at radius 2 is 2.19 bits per heavy atom. The average molecular weight is 238 g/mol. The molecular weight excluding hydrogens is 227 g/mol. The molecule has 0 bridgehead atoms. The molecule has 1 rings (SSSR count). The van der Waals surface area contributed by atoms with Crippen molar-refractivity contribution >= 4 is 17.7 Å². The number of hydrogen-bond donors (Lipinski definition) is 1. The zero-order valence-corrected chi connectivity index (χ0v) is 9.55. The Labute approximate surface area is 97.6 Å². The molecule has 5 heteroatoms. The molecule has 1 unspecified atom stereocenters. The van der Waals surface area contributed by atoms with Crippen LogP contribution in [0.1, 0.15) is 17.3 Å². The molecule has 0 aliphatic rings. The third-order valence-corrected chi connectivity index (χ3v) is 2.71. The molecule has 0 saturated heterocycles. The normalized spacial score (nSPS) is 11.6. The number of nitriles is 1. The van der Waals surface area contributed by atoms with Crippen molar-refractivity contribution in [2.75, 3.05) is 5.75 Å². The Bertz CT molecular complexity index is 399. The number of nitrogens with one attached hydrogen (secondary N) is 1. The predicted molar refractivity (Wildman–Crippen MR) is 61.4 cm³/mol. The van der Waals surface area contributed by atoms with Crippen LogP contribution >= 0.6 is 11.8 Å². The van der Waals surface area contributed by atoms with Gasteiger partial charge in [-0.15, -0.1) is 11.8 Å². The molecule has 1 amide bonds. The van der Waals surface area contributed by atoms with Gasteiger partial charge in [-0.25, -0.2) is 4.39 Å². The summed E-state index contributed by atoms with van der Waals surface area (Å²) >= 11 is 1.34. The molecule has 16 heavy (non-hydrogen) atoms. The van der Waals surface area contributed by atoms with E-state index >= 15 is 0 Å². The fourth-order valence-electron chi connectivity index (χ4n) is 1.08. The summed E-state index contributed by atoms with van der Waals surface area (Å²) < 4.78 is 12.6. The fraction of sp³-hybridized carbons (Fsp3) is 0.273. The monoisotopic (exact) mass is 238 g/mol. The van der Waals surface area contributed by atoms with E-state index in [9.17, 15) is 9.18 Å². The van der Waals surface area contributed by atoms with Crippen molar-refractivity contribution in [3.8, 4) is 6.07 Å². The minimum absolute atomic E-state index is 0.346. The molecule has 0 radical (unpaired) electrons. The Morgan fingerprint density at radius 3 is 2.69 bits per heavy atom. The smallest absolute Gasteiger partial charge is 0.252 e. The van der Waals surface area contributed by atoms with Crippen LogP contribution in [0, 0.1) is 17.1 Å². The van der Waals surface area contributed by atoms with E-state index in [2.05, 4.69) is 5.32 Å². The van der Waals surface area contributed by atoms with Gasteiger partial charge in [0.05, 0.1) is 6.07 Å². The maximum Gasteiger partial charge on any atom is 0.252 e. The Kier molecular flexibility index (Phi) is 4.80. The predicted octanol–water partition coefficient (Wildman–Crippen LogP) is 2.16. The van der Waals surface area contributed by atoms with E-state index in [4.69, 9.17) is 5.26 Å². The standard InChI is InChI=1S/C11H11FN2OS/c1-2-16-10(7-13)14-11(15)8-3-5-9(12)6-4-8/h3-6,10H,2H2,1H3,(H,14,15). The van der Waals surface area contributed by atoms with Crippen molar-refractivity contribution in [2.45, 2.75) is 12.3 Å². The number of amides is 1. The third kappa shape index (κ3) is 3.55. The van der Waals surface area contributed by atoms with Crippen LogP contribution in [0.4, 0.5) is 4.39 Å². The van der Waals surface area contributed by atoms with Gasteiger partial charge in [0, 0.05) is 5.56 Å². The molecule has 0 aliphatic carbocycles. The number of carbonyl (C=O) groups is 1. The van der Waals surface area contributed by atoms with Gasteiger partial charge in [0.2, 0.25) is 0 Å². The Balaban J connectivity index is 2.65. The first kappa shape index (κ1) is 12.5. The largest absolute Gasteiger partial charge is 0.328 e. The lowest BCUT2D eigenvalue weighted by molar-refractivity contribution is 0.0955. The van der Waals surface area contributed by atoms with Crippen LogP contribution in [0.15, 0.2) is 24.3 Å². The first-order chi connectivity index (χ1) is 7.67. The molecule has 0 saturated carbocycles. The van der Waals surface area contributed by atoms with Gasteiger partial charge < -0.3 is 5.32 Å². The van der Waals surface area contributed by atoms with Crippen molar-refractivity contribution in [3.63, 3.8) is 0 Å². The average Bonchev–Trinajstić information content (AvgIpc) is 2.29. The summed E-state index contributed by atoms with van der Waals surface area (Å²) in [7, 11) is 0. The molecule has 1 atom stereocenters. The van der Waals surface area contributed by atoms with Crippen molar-refractivity contribution < 1.29 is 9.18 Å². The lowest BCUT2D eigenvalue weighted by atomic mass is 10.2. The van der Waals surface area contributed by atoms with Crippen molar-refractivity contribution in [1.82, 2.24) is 5.32 Å². The second-order valence-electron chi connectivity index (χ2n) is 2.94. The lowest BCUT2D eigenvalue weighted by Crippen LogP contribution is -2.31. The van der Waals surface area contributed by atoms with Crippen LogP contribution in [0.5, 0.6) is 0 Å². The van der Waals surface area contributed by atoms with E-state index in [0.717, 1.165) is 5.75 Å². The van der Waals surface area contributed by atoms with Crippen LogP contribution in [-0.4, -0.2) is 17.0 Å². The van der Waals surface area contributed by atoms with Crippen LogP contribution in [0.2, 0.25) is 0 Å². The molecule has 0 aliphatic heterocycles. The molecule has 1 N–H and O–H groups in total. The second-order valence-corrected chi connectivity index (χ2v) is 4.33. The number of rotatable bonds is 4. The first-order valence-corrected chi connectivity index (χ1v) is 5.80. The summed E-state index contributed by atoms with van der Waals surface area (Å²) in [4.78, 5) is 11.6. The minimum atomic E-state index is -0.567. The maximum atomic E-state index is 12.6. The van der Waals surface area contributed by atoms with E-state index in [1.165, 1.54) is 36.0 Å². The highest BCUT2D eigenvalue weighted by Crippen LogP contribution is 2.08. The third-order valence-electron chi connectivity index (χ3n) is 1.82. The highest BCUT2D eigenvalue weighted by molar-refractivity contribution is 8.00. The molecule has 1 aromatic carbocycles. The van der Waals surface area contributed by atoms with E-state index in [1.54, 1.807) is 0 Å². The maximum absolute atomic E-state index is 12.6. The minimum Gasteiger partial charge on any atom is -0.328 e. The first-order valence-electron chi connectivity index (χ1n) is 4.75. The summed E-state index contributed by atoms with van der Waals surface area (Å²) in [5.41, 5.74) is 0.346. The van der Waals surface area contributed by atoms with Gasteiger partial charge in [0.25, 0.3) is 5.91 Å². The summed E-state index contributed by atoms with van der Waals surface area (Å²) in [6.45, 7) is 1.90.